The van der Waals surface area contributed by atoms with Gasteiger partial charge in [-0.2, -0.15) is 0 Å². The predicted molar refractivity (Wildman–Crippen MR) is 95.7 cm³/mol. The maximum Gasteiger partial charge on any atom is 0.121 e. The minimum Gasteiger partial charge on any atom is -0.508 e. The summed E-state index contributed by atoms with van der Waals surface area (Å²) in [4.78, 5) is 0. The molecule has 1 aromatic carbocycles. The molecule has 0 aliphatic carbocycles. The molecule has 0 fully saturated rings. The zero-order valence-electron chi connectivity index (χ0n) is 15.0. The summed E-state index contributed by atoms with van der Waals surface area (Å²) < 4.78 is 11.5. The molecule has 0 heterocycles. The average molecular weight is 322 g/mol. The number of benzene rings is 1. The van der Waals surface area contributed by atoms with E-state index in [1.165, 1.54) is 38.5 Å². The first-order chi connectivity index (χ1) is 11.3. The average Bonchev–Trinajstić information content (AvgIpc) is 2.56. The smallest absolute Gasteiger partial charge is 0.121 e. The second-order valence-corrected chi connectivity index (χ2v) is 6.14. The lowest BCUT2D eigenvalue weighted by atomic mass is 10.1. The Labute approximate surface area is 142 Å². The molecule has 23 heavy (non-hydrogen) atoms. The van der Waals surface area contributed by atoms with E-state index in [4.69, 9.17) is 9.47 Å². The molecule has 0 radical (unpaired) electrons. The summed E-state index contributed by atoms with van der Waals surface area (Å²) >= 11 is 0. The standard InChI is InChI=1S/C20H34O3/c1-3-5-7-9-14-22-16-18-12-11-13-20(21)19(18)17-23-15-10-8-6-4-2/h11-13,21H,3-10,14-17H2,1-2H3. The molecule has 3 nitrogen and oxygen atoms in total. The van der Waals surface area contributed by atoms with E-state index in [1.54, 1.807) is 6.07 Å². The molecule has 0 saturated heterocycles. The van der Waals surface area contributed by atoms with Gasteiger partial charge in [-0.25, -0.2) is 0 Å². The maximum atomic E-state index is 10.1. The van der Waals surface area contributed by atoms with Crippen LogP contribution in [0.15, 0.2) is 18.2 Å². The van der Waals surface area contributed by atoms with Gasteiger partial charge in [-0.05, 0) is 24.5 Å². The molecule has 1 aromatic rings. The lowest BCUT2D eigenvalue weighted by molar-refractivity contribution is 0.102. The molecule has 0 bridgehead atoms. The second-order valence-electron chi connectivity index (χ2n) is 6.14. The Morgan fingerprint density at radius 3 is 2.00 bits per heavy atom. The molecule has 0 atom stereocenters. The van der Waals surface area contributed by atoms with Gasteiger partial charge in [0.1, 0.15) is 5.75 Å². The number of aromatic hydroxyl groups is 1. The number of phenols is 1. The van der Waals surface area contributed by atoms with Crippen LogP contribution in [0.1, 0.15) is 76.3 Å². The zero-order valence-corrected chi connectivity index (χ0v) is 15.0. The monoisotopic (exact) mass is 322 g/mol. The fraction of sp³-hybridized carbons (Fsp3) is 0.700. The summed E-state index contributed by atoms with van der Waals surface area (Å²) in [6.07, 6.45) is 9.64. The molecule has 1 rings (SSSR count). The Balaban J connectivity index is 2.33. The first kappa shape index (κ1) is 20.0. The largest absolute Gasteiger partial charge is 0.508 e. The van der Waals surface area contributed by atoms with Crippen LogP contribution >= 0.6 is 0 Å². The predicted octanol–water partition coefficient (Wildman–Crippen LogP) is 5.59. The van der Waals surface area contributed by atoms with Crippen molar-refractivity contribution < 1.29 is 14.6 Å². The molecule has 1 N–H and O–H groups in total. The summed E-state index contributed by atoms with van der Waals surface area (Å²) in [5.74, 6) is 0.311. The quantitative estimate of drug-likeness (QED) is 0.454. The van der Waals surface area contributed by atoms with E-state index in [1.807, 2.05) is 12.1 Å². The van der Waals surface area contributed by atoms with Gasteiger partial charge < -0.3 is 14.6 Å². The first-order valence-electron chi connectivity index (χ1n) is 9.24. The minimum atomic E-state index is 0.311. The van der Waals surface area contributed by atoms with Gasteiger partial charge in [-0.3, -0.25) is 0 Å². The molecular formula is C20H34O3. The van der Waals surface area contributed by atoms with Crippen LogP contribution in [-0.2, 0) is 22.7 Å². The third kappa shape index (κ3) is 8.97. The lowest BCUT2D eigenvalue weighted by Gasteiger charge is -2.12. The summed E-state index contributed by atoms with van der Waals surface area (Å²) in [5, 5.41) is 10.1. The van der Waals surface area contributed by atoms with Crippen molar-refractivity contribution in [2.45, 2.75) is 78.4 Å². The Morgan fingerprint density at radius 2 is 1.39 bits per heavy atom. The van der Waals surface area contributed by atoms with Crippen molar-refractivity contribution in [1.82, 2.24) is 0 Å². The molecule has 0 saturated carbocycles. The molecule has 0 aliphatic heterocycles. The highest BCUT2D eigenvalue weighted by Crippen LogP contribution is 2.23. The SMILES string of the molecule is CCCCCCOCc1cccc(O)c1COCCCCCC. The van der Waals surface area contributed by atoms with E-state index in [9.17, 15) is 5.11 Å². The van der Waals surface area contributed by atoms with Crippen molar-refractivity contribution in [1.29, 1.82) is 0 Å². The Morgan fingerprint density at radius 1 is 0.783 bits per heavy atom. The number of unbranched alkanes of at least 4 members (excludes halogenated alkanes) is 6. The van der Waals surface area contributed by atoms with Crippen LogP contribution < -0.4 is 0 Å². The van der Waals surface area contributed by atoms with Crippen molar-refractivity contribution >= 4 is 0 Å². The highest BCUT2D eigenvalue weighted by molar-refractivity contribution is 5.38. The molecule has 0 unspecified atom stereocenters. The van der Waals surface area contributed by atoms with Crippen LogP contribution in [-0.4, -0.2) is 18.3 Å². The maximum absolute atomic E-state index is 10.1. The van der Waals surface area contributed by atoms with Gasteiger partial charge in [0.15, 0.2) is 0 Å². The summed E-state index contributed by atoms with van der Waals surface area (Å²) in [5.41, 5.74) is 1.91. The van der Waals surface area contributed by atoms with Gasteiger partial charge >= 0.3 is 0 Å². The number of hydrogen-bond donors (Lipinski definition) is 1. The third-order valence-corrected chi connectivity index (χ3v) is 4.04. The van der Waals surface area contributed by atoms with E-state index in [0.717, 1.165) is 37.2 Å². The first-order valence-corrected chi connectivity index (χ1v) is 9.24. The molecule has 0 aromatic heterocycles. The molecule has 3 heteroatoms. The van der Waals surface area contributed by atoms with Gasteiger partial charge in [-0.1, -0.05) is 64.5 Å². The number of ether oxygens (including phenoxy) is 2. The van der Waals surface area contributed by atoms with E-state index in [2.05, 4.69) is 13.8 Å². The van der Waals surface area contributed by atoms with Crippen molar-refractivity contribution in [3.63, 3.8) is 0 Å². The van der Waals surface area contributed by atoms with E-state index < -0.39 is 0 Å². The number of rotatable bonds is 14. The molecule has 0 spiro atoms. The van der Waals surface area contributed by atoms with Crippen LogP contribution in [0, 0.1) is 0 Å². The highest BCUT2D eigenvalue weighted by Gasteiger charge is 2.08. The lowest BCUT2D eigenvalue weighted by Crippen LogP contribution is -2.03. The molecular weight excluding hydrogens is 288 g/mol. The minimum absolute atomic E-state index is 0.311. The Hall–Kier alpha value is -1.06. The molecule has 0 aliphatic rings. The number of phenolic OH excluding ortho intramolecular Hbond substituents is 1. The Kier molecular flexibility index (Phi) is 11.6. The van der Waals surface area contributed by atoms with Gasteiger partial charge in [0, 0.05) is 18.8 Å². The van der Waals surface area contributed by atoms with E-state index >= 15 is 0 Å². The van der Waals surface area contributed by atoms with E-state index in [-0.39, 0.29) is 0 Å². The topological polar surface area (TPSA) is 38.7 Å². The highest BCUT2D eigenvalue weighted by atomic mass is 16.5. The van der Waals surface area contributed by atoms with Crippen LogP contribution in [0.3, 0.4) is 0 Å². The van der Waals surface area contributed by atoms with Gasteiger partial charge in [-0.15, -0.1) is 0 Å². The van der Waals surface area contributed by atoms with Crippen molar-refractivity contribution in [2.24, 2.45) is 0 Å². The fourth-order valence-corrected chi connectivity index (χ4v) is 2.54. The second kappa shape index (κ2) is 13.4. The summed E-state index contributed by atoms with van der Waals surface area (Å²) in [6.45, 7) is 6.97. The number of hydrogen-bond acceptors (Lipinski definition) is 3. The molecule has 0 amide bonds. The molecule has 132 valence electrons. The van der Waals surface area contributed by atoms with Crippen molar-refractivity contribution in [3.8, 4) is 5.75 Å². The zero-order chi connectivity index (χ0) is 16.8. The van der Waals surface area contributed by atoms with Crippen LogP contribution in [0.4, 0.5) is 0 Å². The summed E-state index contributed by atoms with van der Waals surface area (Å²) in [7, 11) is 0. The fourth-order valence-electron chi connectivity index (χ4n) is 2.54. The van der Waals surface area contributed by atoms with Crippen molar-refractivity contribution in [3.05, 3.63) is 29.3 Å². The van der Waals surface area contributed by atoms with Crippen LogP contribution in [0.2, 0.25) is 0 Å². The Bertz CT molecular complexity index is 404. The van der Waals surface area contributed by atoms with E-state index in [0.29, 0.717) is 19.0 Å². The van der Waals surface area contributed by atoms with Gasteiger partial charge in [0.05, 0.1) is 13.2 Å². The van der Waals surface area contributed by atoms with Crippen molar-refractivity contribution in [2.75, 3.05) is 13.2 Å². The van der Waals surface area contributed by atoms with Gasteiger partial charge in [0.2, 0.25) is 0 Å². The van der Waals surface area contributed by atoms with Crippen LogP contribution in [0.5, 0.6) is 5.75 Å². The normalized spacial score (nSPS) is 11.0. The van der Waals surface area contributed by atoms with Crippen LogP contribution in [0.25, 0.3) is 0 Å². The summed E-state index contributed by atoms with van der Waals surface area (Å²) in [6, 6.07) is 5.61. The van der Waals surface area contributed by atoms with Gasteiger partial charge in [0.25, 0.3) is 0 Å². The third-order valence-electron chi connectivity index (χ3n) is 4.04.